The predicted octanol–water partition coefficient (Wildman–Crippen LogP) is 3.07. The average Bonchev–Trinajstić information content (AvgIpc) is 2.30. The highest BCUT2D eigenvalue weighted by Crippen LogP contribution is 2.31. The second-order valence-corrected chi connectivity index (χ2v) is 4.51. The Morgan fingerprint density at radius 3 is 2.56 bits per heavy atom. The molecule has 0 aromatic heterocycles. The number of benzene rings is 1. The molecule has 0 bridgehead atoms. The molecule has 2 unspecified atom stereocenters. The van der Waals surface area contributed by atoms with Gasteiger partial charge in [-0.15, -0.1) is 0 Å². The second-order valence-electron chi connectivity index (χ2n) is 4.51. The number of rotatable bonds is 5. The van der Waals surface area contributed by atoms with Gasteiger partial charge in [-0.05, 0) is 32.9 Å². The topological polar surface area (TPSA) is 21.3 Å². The summed E-state index contributed by atoms with van der Waals surface area (Å²) in [4.78, 5) is 0. The maximum absolute atomic E-state index is 5.67. The van der Waals surface area contributed by atoms with Crippen LogP contribution in [0.2, 0.25) is 0 Å². The van der Waals surface area contributed by atoms with Gasteiger partial charge < -0.3 is 10.1 Å². The van der Waals surface area contributed by atoms with Crippen LogP contribution in [0.5, 0.6) is 0 Å². The summed E-state index contributed by atoms with van der Waals surface area (Å²) in [5.74, 6) is 0. The fraction of sp³-hybridized carbons (Fsp3) is 0.571. The quantitative estimate of drug-likeness (QED) is 0.825. The first-order valence-electron chi connectivity index (χ1n) is 5.86. The third-order valence-electron chi connectivity index (χ3n) is 3.44. The molecule has 0 aliphatic carbocycles. The van der Waals surface area contributed by atoms with Crippen molar-refractivity contribution in [3.05, 3.63) is 35.4 Å². The average molecular weight is 221 g/mol. The maximum atomic E-state index is 5.67. The van der Waals surface area contributed by atoms with Crippen LogP contribution in [0.1, 0.15) is 37.4 Å². The highest BCUT2D eigenvalue weighted by molar-refractivity contribution is 5.27. The fourth-order valence-electron chi connectivity index (χ4n) is 2.14. The van der Waals surface area contributed by atoms with Gasteiger partial charge >= 0.3 is 0 Å². The van der Waals surface area contributed by atoms with Crippen LogP contribution in [0, 0.1) is 6.92 Å². The Bertz CT molecular complexity index is 331. The lowest BCUT2D eigenvalue weighted by molar-refractivity contribution is -0.0280. The second kappa shape index (κ2) is 5.46. The Kier molecular flexibility index (Phi) is 4.51. The summed E-state index contributed by atoms with van der Waals surface area (Å²) in [6.07, 6.45) is 0.975. The van der Waals surface area contributed by atoms with Crippen molar-refractivity contribution in [3.8, 4) is 0 Å². The fourth-order valence-corrected chi connectivity index (χ4v) is 2.14. The summed E-state index contributed by atoms with van der Waals surface area (Å²) in [5, 5.41) is 3.36. The molecule has 1 aromatic carbocycles. The summed E-state index contributed by atoms with van der Waals surface area (Å²) in [6, 6.07) is 8.81. The zero-order valence-corrected chi connectivity index (χ0v) is 11.0. The van der Waals surface area contributed by atoms with E-state index < -0.39 is 0 Å². The monoisotopic (exact) mass is 221 g/mol. The molecule has 90 valence electrons. The molecule has 0 heterocycles. The van der Waals surface area contributed by atoms with Gasteiger partial charge in [0.25, 0.3) is 0 Å². The molecule has 2 atom stereocenters. The lowest BCUT2D eigenvalue weighted by atomic mass is 9.87. The number of hydrogen-bond acceptors (Lipinski definition) is 2. The number of aryl methyl sites for hydroxylation is 1. The van der Waals surface area contributed by atoms with Crippen LogP contribution in [-0.2, 0) is 4.74 Å². The van der Waals surface area contributed by atoms with Crippen molar-refractivity contribution in [1.82, 2.24) is 5.32 Å². The molecule has 1 aromatic rings. The van der Waals surface area contributed by atoms with Crippen molar-refractivity contribution in [2.45, 2.75) is 38.8 Å². The molecule has 0 spiro atoms. The molecule has 2 heteroatoms. The van der Waals surface area contributed by atoms with Crippen LogP contribution >= 0.6 is 0 Å². The number of nitrogens with one attached hydrogen (secondary N) is 1. The van der Waals surface area contributed by atoms with E-state index in [2.05, 4.69) is 50.4 Å². The largest absolute Gasteiger partial charge is 0.377 e. The summed E-state index contributed by atoms with van der Waals surface area (Å²) in [6.45, 7) is 6.42. The van der Waals surface area contributed by atoms with Crippen LogP contribution in [-0.4, -0.2) is 19.8 Å². The van der Waals surface area contributed by atoms with Gasteiger partial charge in [0.2, 0.25) is 0 Å². The third kappa shape index (κ3) is 2.63. The minimum Gasteiger partial charge on any atom is -0.377 e. The summed E-state index contributed by atoms with van der Waals surface area (Å²) in [7, 11) is 3.77. The molecule has 2 nitrogen and oxygen atoms in total. The van der Waals surface area contributed by atoms with Gasteiger partial charge in [0.05, 0.1) is 11.6 Å². The molecule has 0 saturated carbocycles. The molecule has 16 heavy (non-hydrogen) atoms. The molecule has 0 fully saturated rings. The van der Waals surface area contributed by atoms with E-state index in [9.17, 15) is 0 Å². The Morgan fingerprint density at radius 1 is 1.44 bits per heavy atom. The molecular formula is C14H23NO. The van der Waals surface area contributed by atoms with Crippen molar-refractivity contribution in [3.63, 3.8) is 0 Å². The summed E-state index contributed by atoms with van der Waals surface area (Å²) >= 11 is 0. The van der Waals surface area contributed by atoms with Gasteiger partial charge in [-0.1, -0.05) is 36.8 Å². The molecule has 0 saturated heterocycles. The van der Waals surface area contributed by atoms with Gasteiger partial charge in [-0.25, -0.2) is 0 Å². The van der Waals surface area contributed by atoms with Crippen molar-refractivity contribution in [2.75, 3.05) is 14.2 Å². The first kappa shape index (κ1) is 13.2. The SMILES string of the molecule is CCC(C)(OC)C(NC)c1cccc(C)c1. The highest BCUT2D eigenvalue weighted by Gasteiger charge is 2.32. The molecule has 0 aliphatic heterocycles. The van der Waals surface area contributed by atoms with Crippen LogP contribution in [0.25, 0.3) is 0 Å². The van der Waals surface area contributed by atoms with Crippen molar-refractivity contribution < 1.29 is 4.74 Å². The Morgan fingerprint density at radius 2 is 2.12 bits per heavy atom. The number of methoxy groups -OCH3 is 1. The number of hydrogen-bond donors (Lipinski definition) is 1. The van der Waals surface area contributed by atoms with E-state index in [-0.39, 0.29) is 11.6 Å². The van der Waals surface area contributed by atoms with Crippen molar-refractivity contribution in [2.24, 2.45) is 0 Å². The van der Waals surface area contributed by atoms with Crippen LogP contribution in [0.3, 0.4) is 0 Å². The highest BCUT2D eigenvalue weighted by atomic mass is 16.5. The van der Waals surface area contributed by atoms with Gasteiger partial charge in [0.15, 0.2) is 0 Å². The normalized spacial score (nSPS) is 16.8. The van der Waals surface area contributed by atoms with Gasteiger partial charge in [0.1, 0.15) is 0 Å². The smallest absolute Gasteiger partial charge is 0.0841 e. The first-order chi connectivity index (χ1) is 7.57. The zero-order valence-electron chi connectivity index (χ0n) is 11.0. The van der Waals surface area contributed by atoms with E-state index in [1.807, 2.05) is 7.05 Å². The van der Waals surface area contributed by atoms with Crippen LogP contribution in [0.4, 0.5) is 0 Å². The standard InChI is InChI=1S/C14H23NO/c1-6-14(3,16-5)13(15-4)12-9-7-8-11(2)10-12/h7-10,13,15H,6H2,1-5H3. The lowest BCUT2D eigenvalue weighted by Gasteiger charge is -2.36. The maximum Gasteiger partial charge on any atom is 0.0841 e. The minimum atomic E-state index is -0.164. The van der Waals surface area contributed by atoms with E-state index in [0.717, 1.165) is 6.42 Å². The predicted molar refractivity (Wildman–Crippen MR) is 68.7 cm³/mol. The van der Waals surface area contributed by atoms with Crippen molar-refractivity contribution >= 4 is 0 Å². The third-order valence-corrected chi connectivity index (χ3v) is 3.44. The molecule has 0 amide bonds. The first-order valence-corrected chi connectivity index (χ1v) is 5.86. The van der Waals surface area contributed by atoms with Crippen LogP contribution < -0.4 is 5.32 Å². The summed E-state index contributed by atoms with van der Waals surface area (Å²) < 4.78 is 5.67. The van der Waals surface area contributed by atoms with Gasteiger partial charge in [-0.2, -0.15) is 0 Å². The minimum absolute atomic E-state index is 0.164. The van der Waals surface area contributed by atoms with E-state index in [4.69, 9.17) is 4.74 Å². The Labute approximate surface area is 99.0 Å². The lowest BCUT2D eigenvalue weighted by Crippen LogP contribution is -2.41. The summed E-state index contributed by atoms with van der Waals surface area (Å²) in [5.41, 5.74) is 2.41. The Hall–Kier alpha value is -0.860. The van der Waals surface area contributed by atoms with E-state index in [1.165, 1.54) is 11.1 Å². The van der Waals surface area contributed by atoms with Crippen molar-refractivity contribution in [1.29, 1.82) is 0 Å². The van der Waals surface area contributed by atoms with E-state index in [1.54, 1.807) is 7.11 Å². The van der Waals surface area contributed by atoms with Gasteiger partial charge in [0, 0.05) is 7.11 Å². The van der Waals surface area contributed by atoms with E-state index in [0.29, 0.717) is 0 Å². The molecule has 1 N–H and O–H groups in total. The molecule has 0 radical (unpaired) electrons. The van der Waals surface area contributed by atoms with Gasteiger partial charge in [-0.3, -0.25) is 0 Å². The number of likely N-dealkylation sites (N-methyl/N-ethyl adjacent to an activating group) is 1. The van der Waals surface area contributed by atoms with Crippen LogP contribution in [0.15, 0.2) is 24.3 Å². The molecule has 0 aliphatic rings. The zero-order chi connectivity index (χ0) is 12.2. The number of ether oxygens (including phenoxy) is 1. The van der Waals surface area contributed by atoms with E-state index >= 15 is 0 Å². The molecule has 1 rings (SSSR count). The molecular weight excluding hydrogens is 198 g/mol. The Balaban J connectivity index is 3.06.